The SMILES string of the molecule is O=C(Nc1csc(-c2ncn[nH]2)n1)c1cc(-n2cnc(C3CC3)c2)c(N2CCN(CC(F)(F)F)CC2)cn1. The fourth-order valence-electron chi connectivity index (χ4n) is 4.40. The molecule has 0 spiro atoms. The summed E-state index contributed by atoms with van der Waals surface area (Å²) in [6, 6.07) is 1.68. The quantitative estimate of drug-likeness (QED) is 0.364. The largest absolute Gasteiger partial charge is 0.401 e. The van der Waals surface area contributed by atoms with E-state index in [4.69, 9.17) is 0 Å². The van der Waals surface area contributed by atoms with Crippen molar-refractivity contribution in [2.45, 2.75) is 24.9 Å². The van der Waals surface area contributed by atoms with Gasteiger partial charge >= 0.3 is 6.18 Å². The third-order valence-electron chi connectivity index (χ3n) is 6.45. The molecule has 1 aliphatic carbocycles. The average molecular weight is 545 g/mol. The number of piperazine rings is 1. The van der Waals surface area contributed by atoms with E-state index in [2.05, 4.69) is 35.5 Å². The molecule has 1 saturated heterocycles. The molecule has 2 N–H and O–H groups in total. The average Bonchev–Trinajstić information content (AvgIpc) is 3.29. The molecule has 6 rings (SSSR count). The minimum absolute atomic E-state index is 0.176. The van der Waals surface area contributed by atoms with Gasteiger partial charge in [0.2, 0.25) is 0 Å². The van der Waals surface area contributed by atoms with Gasteiger partial charge in [-0.25, -0.2) is 19.9 Å². The number of carbonyl (C=O) groups is 1. The molecule has 0 radical (unpaired) electrons. The number of aromatic amines is 1. The van der Waals surface area contributed by atoms with Gasteiger partial charge in [0.1, 0.15) is 17.8 Å². The molecule has 4 aromatic rings. The van der Waals surface area contributed by atoms with Crippen LogP contribution in [0.25, 0.3) is 16.5 Å². The Morgan fingerprint density at radius 2 is 1.95 bits per heavy atom. The predicted octanol–water partition coefficient (Wildman–Crippen LogP) is 3.32. The maximum atomic E-state index is 13.1. The van der Waals surface area contributed by atoms with Crippen LogP contribution in [0, 0.1) is 0 Å². The number of nitrogens with one attached hydrogen (secondary N) is 2. The van der Waals surface area contributed by atoms with Gasteiger partial charge < -0.3 is 14.8 Å². The Kier molecular flexibility index (Phi) is 6.31. The zero-order valence-electron chi connectivity index (χ0n) is 20.0. The van der Waals surface area contributed by atoms with Gasteiger partial charge in [0, 0.05) is 43.7 Å². The van der Waals surface area contributed by atoms with Crippen molar-refractivity contribution in [2.24, 2.45) is 0 Å². The summed E-state index contributed by atoms with van der Waals surface area (Å²) in [5, 5.41) is 11.6. The third-order valence-corrected chi connectivity index (χ3v) is 7.30. The number of H-pyrrole nitrogens is 1. The molecule has 1 amide bonds. The molecule has 15 heteroatoms. The number of hydrogen-bond donors (Lipinski definition) is 2. The second-order valence-electron chi connectivity index (χ2n) is 9.24. The van der Waals surface area contributed by atoms with Gasteiger partial charge in [-0.3, -0.25) is 14.8 Å². The molecule has 38 heavy (non-hydrogen) atoms. The van der Waals surface area contributed by atoms with Crippen LogP contribution in [0.4, 0.5) is 24.7 Å². The molecule has 198 valence electrons. The first kappa shape index (κ1) is 24.5. The number of rotatable bonds is 7. The van der Waals surface area contributed by atoms with Crippen LogP contribution in [0.3, 0.4) is 0 Å². The van der Waals surface area contributed by atoms with Crippen LogP contribution in [-0.2, 0) is 0 Å². The van der Waals surface area contributed by atoms with E-state index in [0.29, 0.717) is 41.3 Å². The Bertz CT molecular complexity index is 1420. The lowest BCUT2D eigenvalue weighted by atomic mass is 10.2. The second kappa shape index (κ2) is 9.79. The maximum absolute atomic E-state index is 13.1. The van der Waals surface area contributed by atoms with Crippen LogP contribution in [0.2, 0.25) is 0 Å². The van der Waals surface area contributed by atoms with Crippen LogP contribution in [0.1, 0.15) is 34.9 Å². The molecule has 0 unspecified atom stereocenters. The molecule has 2 aliphatic rings. The fourth-order valence-corrected chi connectivity index (χ4v) is 5.10. The molecular weight excluding hydrogens is 521 g/mol. The predicted molar refractivity (Wildman–Crippen MR) is 133 cm³/mol. The van der Waals surface area contributed by atoms with Crippen LogP contribution in [0.5, 0.6) is 0 Å². The van der Waals surface area contributed by atoms with Crippen molar-refractivity contribution >= 4 is 28.7 Å². The normalized spacial score (nSPS) is 16.7. The number of halogens is 3. The van der Waals surface area contributed by atoms with Gasteiger partial charge in [-0.1, -0.05) is 0 Å². The highest BCUT2D eigenvalue weighted by Crippen LogP contribution is 2.39. The Labute approximate surface area is 218 Å². The van der Waals surface area contributed by atoms with E-state index in [1.807, 2.05) is 15.7 Å². The number of hydrogen-bond acceptors (Lipinski definition) is 9. The van der Waals surface area contributed by atoms with E-state index < -0.39 is 18.6 Å². The first-order valence-electron chi connectivity index (χ1n) is 12.0. The molecule has 11 nitrogen and oxygen atoms in total. The highest BCUT2D eigenvalue weighted by atomic mass is 32.1. The number of nitrogens with zero attached hydrogens (tertiary/aromatic N) is 8. The van der Waals surface area contributed by atoms with Crippen molar-refractivity contribution in [3.8, 4) is 16.5 Å². The van der Waals surface area contributed by atoms with Crippen molar-refractivity contribution in [2.75, 3.05) is 42.9 Å². The molecule has 1 saturated carbocycles. The molecule has 1 aliphatic heterocycles. The van der Waals surface area contributed by atoms with Gasteiger partial charge in [0.05, 0.1) is 36.1 Å². The summed E-state index contributed by atoms with van der Waals surface area (Å²) in [5.74, 6) is 0.864. The monoisotopic (exact) mass is 544 g/mol. The molecule has 4 aromatic heterocycles. The van der Waals surface area contributed by atoms with Gasteiger partial charge in [-0.05, 0) is 18.9 Å². The highest BCUT2D eigenvalue weighted by Gasteiger charge is 2.33. The zero-order chi connectivity index (χ0) is 26.3. The molecular formula is C23H23F3N10OS. The van der Waals surface area contributed by atoms with E-state index in [1.54, 1.807) is 24.0 Å². The second-order valence-corrected chi connectivity index (χ2v) is 10.1. The lowest BCUT2D eigenvalue weighted by Crippen LogP contribution is -2.49. The number of alkyl halides is 3. The number of amides is 1. The topological polar surface area (TPSA) is 121 Å². The molecule has 2 fully saturated rings. The summed E-state index contributed by atoms with van der Waals surface area (Å²) < 4.78 is 40.4. The van der Waals surface area contributed by atoms with Crippen molar-refractivity contribution in [1.29, 1.82) is 0 Å². The van der Waals surface area contributed by atoms with Gasteiger partial charge in [-0.2, -0.15) is 18.3 Å². The van der Waals surface area contributed by atoms with Gasteiger partial charge in [-0.15, -0.1) is 11.3 Å². The standard InChI is InChI=1S/C23H23F3N10OS/c24-23(25,26)11-34-3-5-35(6-4-34)18-8-27-15(7-17(18)36-9-16(29-13-36)14-1-2-14)21(37)31-19-10-38-22(32-19)20-28-12-30-33-20/h7-10,12-14H,1-6,11H2,(H,31,37)(H,28,30,33). The number of carbonyl (C=O) groups excluding carboxylic acids is 1. The number of thiazole rings is 1. The van der Waals surface area contributed by atoms with Gasteiger partial charge in [0.25, 0.3) is 5.91 Å². The van der Waals surface area contributed by atoms with Crippen LogP contribution in [0.15, 0.2) is 36.5 Å². The number of imidazole rings is 1. The molecule has 0 bridgehead atoms. The van der Waals surface area contributed by atoms with E-state index in [1.165, 1.54) is 22.6 Å². The smallest absolute Gasteiger partial charge is 0.366 e. The fraction of sp³-hybridized carbons (Fsp3) is 0.391. The summed E-state index contributed by atoms with van der Waals surface area (Å²) in [7, 11) is 0. The van der Waals surface area contributed by atoms with Crippen LogP contribution < -0.4 is 10.2 Å². The Morgan fingerprint density at radius 1 is 1.13 bits per heavy atom. The Hall–Kier alpha value is -3.85. The van der Waals surface area contributed by atoms with Crippen molar-refractivity contribution < 1.29 is 18.0 Å². The lowest BCUT2D eigenvalue weighted by Gasteiger charge is -2.37. The maximum Gasteiger partial charge on any atom is 0.401 e. The zero-order valence-corrected chi connectivity index (χ0v) is 20.8. The first-order valence-corrected chi connectivity index (χ1v) is 12.9. The number of anilines is 2. The summed E-state index contributed by atoms with van der Waals surface area (Å²) >= 11 is 1.31. The first-order chi connectivity index (χ1) is 18.3. The molecule has 0 aromatic carbocycles. The summed E-state index contributed by atoms with van der Waals surface area (Å²) in [6.07, 6.45) is 4.59. The van der Waals surface area contributed by atoms with E-state index in [0.717, 1.165) is 24.2 Å². The van der Waals surface area contributed by atoms with Crippen LogP contribution >= 0.6 is 11.3 Å². The molecule has 5 heterocycles. The van der Waals surface area contributed by atoms with Crippen LogP contribution in [-0.4, -0.2) is 84.4 Å². The summed E-state index contributed by atoms with van der Waals surface area (Å²) in [4.78, 5) is 33.8. The highest BCUT2D eigenvalue weighted by molar-refractivity contribution is 7.13. The van der Waals surface area contributed by atoms with Gasteiger partial charge in [0.15, 0.2) is 10.8 Å². The Morgan fingerprint density at radius 3 is 2.66 bits per heavy atom. The van der Waals surface area contributed by atoms with Crippen molar-refractivity contribution in [1.82, 2.24) is 39.6 Å². The minimum atomic E-state index is -4.23. The van der Waals surface area contributed by atoms with E-state index in [9.17, 15) is 18.0 Å². The summed E-state index contributed by atoms with van der Waals surface area (Å²) in [6.45, 7) is 0.436. The molecule has 0 atom stereocenters. The summed E-state index contributed by atoms with van der Waals surface area (Å²) in [5.41, 5.74) is 2.58. The lowest BCUT2D eigenvalue weighted by molar-refractivity contribution is -0.146. The van der Waals surface area contributed by atoms with E-state index >= 15 is 0 Å². The van der Waals surface area contributed by atoms with Crippen molar-refractivity contribution in [3.63, 3.8) is 0 Å². The minimum Gasteiger partial charge on any atom is -0.366 e. The third kappa shape index (κ3) is 5.38. The number of aromatic nitrogens is 7. The van der Waals surface area contributed by atoms with E-state index in [-0.39, 0.29) is 18.8 Å². The Balaban J connectivity index is 1.24. The van der Waals surface area contributed by atoms with Crippen molar-refractivity contribution in [3.05, 3.63) is 47.9 Å². The number of pyridine rings is 1.